The van der Waals surface area contributed by atoms with E-state index in [0.717, 1.165) is 0 Å². The molecule has 0 amide bonds. The minimum absolute atomic E-state index is 1.17. The SMILES string of the molecule is CN(C)CC[CH2][Ga]1[N](C)CC[N]1C. The zero-order valence-corrected chi connectivity index (χ0v) is 11.9. The summed E-state index contributed by atoms with van der Waals surface area (Å²) in [6, 6.07) is 0. The Kier molecular flexibility index (Phi) is 4.82. The van der Waals surface area contributed by atoms with Crippen molar-refractivity contribution in [1.29, 1.82) is 0 Å². The first-order chi connectivity index (χ1) is 6.11. The zero-order valence-electron chi connectivity index (χ0n) is 9.45. The Labute approximate surface area is 88.2 Å². The number of hydrogen-bond donors (Lipinski definition) is 0. The molecule has 0 aromatic heterocycles. The van der Waals surface area contributed by atoms with Crippen molar-refractivity contribution in [3.63, 3.8) is 0 Å². The van der Waals surface area contributed by atoms with Gasteiger partial charge in [0.15, 0.2) is 0 Å². The van der Waals surface area contributed by atoms with E-state index in [-0.39, 0.29) is 0 Å². The second-order valence-corrected chi connectivity index (χ2v) is 11.3. The molecule has 0 radical (unpaired) electrons. The number of likely N-dealkylation sites (N-methyl/N-ethyl adjacent to an activating group) is 2. The molecule has 4 heteroatoms. The molecule has 0 aliphatic carbocycles. The second kappa shape index (κ2) is 5.41. The van der Waals surface area contributed by atoms with Crippen molar-refractivity contribution in [3.05, 3.63) is 0 Å². The molecule has 1 aliphatic rings. The number of hydrogen-bond acceptors (Lipinski definition) is 3. The van der Waals surface area contributed by atoms with Crippen molar-refractivity contribution < 1.29 is 0 Å². The van der Waals surface area contributed by atoms with Crippen LogP contribution in [0.25, 0.3) is 0 Å². The third kappa shape index (κ3) is 3.63. The first-order valence-corrected chi connectivity index (χ1v) is 9.04. The molecule has 76 valence electrons. The van der Waals surface area contributed by atoms with E-state index in [9.17, 15) is 0 Å². The molecule has 0 N–H and O–H groups in total. The van der Waals surface area contributed by atoms with Crippen LogP contribution >= 0.6 is 0 Å². The fourth-order valence-corrected chi connectivity index (χ4v) is 8.13. The van der Waals surface area contributed by atoms with Gasteiger partial charge in [-0.25, -0.2) is 0 Å². The average molecular weight is 242 g/mol. The van der Waals surface area contributed by atoms with Gasteiger partial charge >= 0.3 is 88.0 Å². The van der Waals surface area contributed by atoms with E-state index in [2.05, 4.69) is 40.3 Å². The quantitative estimate of drug-likeness (QED) is 0.656. The van der Waals surface area contributed by atoms with Crippen molar-refractivity contribution in [2.24, 2.45) is 0 Å². The van der Waals surface area contributed by atoms with Gasteiger partial charge in [0.25, 0.3) is 0 Å². The van der Waals surface area contributed by atoms with Crippen LogP contribution in [0.4, 0.5) is 0 Å². The van der Waals surface area contributed by atoms with E-state index in [1.54, 1.807) is 0 Å². The minimum atomic E-state index is -1.17. The number of nitrogens with zero attached hydrogens (tertiary/aromatic N) is 3. The fraction of sp³-hybridized carbons (Fsp3) is 1.00. The average Bonchev–Trinajstić information content (AvgIpc) is 2.34. The van der Waals surface area contributed by atoms with Crippen LogP contribution in [0.15, 0.2) is 0 Å². The predicted molar refractivity (Wildman–Crippen MR) is 59.0 cm³/mol. The van der Waals surface area contributed by atoms with Crippen LogP contribution in [0.5, 0.6) is 0 Å². The molecule has 0 bridgehead atoms. The third-order valence-corrected chi connectivity index (χ3v) is 10.2. The van der Waals surface area contributed by atoms with Crippen molar-refractivity contribution in [2.75, 3.05) is 47.8 Å². The Bertz CT molecular complexity index is 142. The molecule has 0 spiro atoms. The van der Waals surface area contributed by atoms with Crippen LogP contribution in [0, 0.1) is 0 Å². The standard InChI is InChI=1S/C5H12N.C4H10N2.Ga/c1-4-5-6(2)3;1-5-3-4-6-2;/h1,4-5H2,2-3H3;3-4H2,1-2H3;/q;-2;+2. The molecule has 1 aliphatic heterocycles. The fourth-order valence-electron chi connectivity index (χ4n) is 1.98. The Morgan fingerprint density at radius 2 is 1.69 bits per heavy atom. The van der Waals surface area contributed by atoms with Crippen LogP contribution in [0.3, 0.4) is 0 Å². The summed E-state index contributed by atoms with van der Waals surface area (Å²) in [7, 11) is 8.94. The monoisotopic (exact) mass is 241 g/mol. The van der Waals surface area contributed by atoms with Crippen molar-refractivity contribution >= 4 is 16.7 Å². The molecular weight excluding hydrogens is 220 g/mol. The van der Waals surface area contributed by atoms with Crippen LogP contribution in [0.1, 0.15) is 6.42 Å². The molecule has 1 heterocycles. The molecule has 1 saturated heterocycles. The van der Waals surface area contributed by atoms with Gasteiger partial charge in [-0.2, -0.15) is 0 Å². The van der Waals surface area contributed by atoms with Gasteiger partial charge in [0.2, 0.25) is 0 Å². The normalized spacial score (nSPS) is 20.5. The molecule has 13 heavy (non-hydrogen) atoms. The summed E-state index contributed by atoms with van der Waals surface area (Å²) < 4.78 is 5.28. The molecule has 0 atom stereocenters. The van der Waals surface area contributed by atoms with Crippen LogP contribution in [-0.2, 0) is 0 Å². The van der Waals surface area contributed by atoms with E-state index in [1.165, 1.54) is 31.0 Å². The molecular formula is C9H22GaN3. The van der Waals surface area contributed by atoms with Gasteiger partial charge in [-0.3, -0.25) is 0 Å². The van der Waals surface area contributed by atoms with Crippen LogP contribution in [0.2, 0.25) is 4.98 Å². The summed E-state index contributed by atoms with van der Waals surface area (Å²) in [6.07, 6.45) is 1.38. The van der Waals surface area contributed by atoms with E-state index < -0.39 is 16.7 Å². The number of rotatable bonds is 4. The van der Waals surface area contributed by atoms with Crippen molar-refractivity contribution in [2.45, 2.75) is 11.4 Å². The topological polar surface area (TPSA) is 9.72 Å². The Balaban J connectivity index is 2.19. The van der Waals surface area contributed by atoms with Crippen molar-refractivity contribution in [3.8, 4) is 0 Å². The maximum absolute atomic E-state index is 2.64. The van der Waals surface area contributed by atoms with E-state index >= 15 is 0 Å². The van der Waals surface area contributed by atoms with E-state index in [1.807, 2.05) is 0 Å². The summed E-state index contributed by atoms with van der Waals surface area (Å²) in [6.45, 7) is 3.87. The Morgan fingerprint density at radius 1 is 1.15 bits per heavy atom. The van der Waals surface area contributed by atoms with Crippen molar-refractivity contribution in [1.82, 2.24) is 12.1 Å². The summed E-state index contributed by atoms with van der Waals surface area (Å²) >= 11 is -1.17. The van der Waals surface area contributed by atoms with Gasteiger partial charge in [0.05, 0.1) is 0 Å². The van der Waals surface area contributed by atoms with Crippen LogP contribution in [-0.4, -0.2) is 76.6 Å². The maximum atomic E-state index is 2.64. The summed E-state index contributed by atoms with van der Waals surface area (Å²) in [4.78, 5) is 3.77. The van der Waals surface area contributed by atoms with Gasteiger partial charge in [-0.15, -0.1) is 0 Å². The molecule has 1 rings (SSSR count). The van der Waals surface area contributed by atoms with Gasteiger partial charge in [0, 0.05) is 0 Å². The van der Waals surface area contributed by atoms with E-state index in [0.29, 0.717) is 0 Å². The summed E-state index contributed by atoms with van der Waals surface area (Å²) in [5.74, 6) is 0. The van der Waals surface area contributed by atoms with Gasteiger partial charge in [-0.1, -0.05) is 0 Å². The summed E-state index contributed by atoms with van der Waals surface area (Å²) in [5.41, 5.74) is 0. The zero-order chi connectivity index (χ0) is 9.84. The second-order valence-electron chi connectivity index (χ2n) is 4.39. The molecule has 3 nitrogen and oxygen atoms in total. The molecule has 0 unspecified atom stereocenters. The third-order valence-electron chi connectivity index (χ3n) is 2.89. The molecule has 0 aromatic carbocycles. The van der Waals surface area contributed by atoms with Crippen LogP contribution < -0.4 is 0 Å². The van der Waals surface area contributed by atoms with E-state index in [4.69, 9.17) is 0 Å². The first kappa shape index (κ1) is 11.6. The first-order valence-electron chi connectivity index (χ1n) is 5.16. The van der Waals surface area contributed by atoms with Gasteiger partial charge < -0.3 is 0 Å². The predicted octanol–water partition coefficient (Wildman–Crippen LogP) is 0.304. The van der Waals surface area contributed by atoms with Gasteiger partial charge in [-0.05, 0) is 0 Å². The Morgan fingerprint density at radius 3 is 2.15 bits per heavy atom. The van der Waals surface area contributed by atoms with Gasteiger partial charge in [0.1, 0.15) is 0 Å². The molecule has 1 fully saturated rings. The molecule has 0 saturated carbocycles. The molecule has 0 aromatic rings. The Hall–Kier alpha value is 0.516. The summed E-state index contributed by atoms with van der Waals surface area (Å²) in [5, 5.41) is 0.